The Labute approximate surface area is 58.7 Å². The molecule has 0 bridgehead atoms. The second kappa shape index (κ2) is 2.64. The molecular formula is C7H8O3. The smallest absolute Gasteiger partial charge is 0.341 e. The molecule has 0 aromatic carbocycles. The third kappa shape index (κ3) is 1.23. The van der Waals surface area contributed by atoms with Gasteiger partial charge in [0.05, 0.1) is 6.42 Å². The highest BCUT2D eigenvalue weighted by Gasteiger charge is 2.25. The van der Waals surface area contributed by atoms with E-state index >= 15 is 0 Å². The van der Waals surface area contributed by atoms with Crippen LogP contribution in [-0.4, -0.2) is 11.9 Å². The van der Waals surface area contributed by atoms with Crippen molar-refractivity contribution in [3.05, 3.63) is 11.6 Å². The quantitative estimate of drug-likeness (QED) is 0.307. The molecule has 0 N–H and O–H groups in total. The summed E-state index contributed by atoms with van der Waals surface area (Å²) in [5.41, 5.74) is 0.493. The van der Waals surface area contributed by atoms with E-state index in [1.165, 1.54) is 0 Å². The van der Waals surface area contributed by atoms with Crippen LogP contribution in [0, 0.1) is 0 Å². The topological polar surface area (TPSA) is 43.4 Å². The van der Waals surface area contributed by atoms with Crippen LogP contribution in [0.5, 0.6) is 0 Å². The molecule has 0 unspecified atom stereocenters. The Kier molecular flexibility index (Phi) is 1.85. The van der Waals surface area contributed by atoms with Gasteiger partial charge >= 0.3 is 11.9 Å². The van der Waals surface area contributed by atoms with Gasteiger partial charge in [-0.15, -0.1) is 0 Å². The van der Waals surface area contributed by atoms with Gasteiger partial charge < -0.3 is 4.74 Å². The van der Waals surface area contributed by atoms with Crippen LogP contribution in [0.3, 0.4) is 0 Å². The van der Waals surface area contributed by atoms with Crippen molar-refractivity contribution in [2.75, 3.05) is 0 Å². The summed E-state index contributed by atoms with van der Waals surface area (Å²) in [6.07, 6.45) is 2.62. The Hall–Kier alpha value is -1.12. The number of allylic oxidation sites excluding steroid dienone is 1. The Morgan fingerprint density at radius 2 is 2.30 bits per heavy atom. The van der Waals surface area contributed by atoms with E-state index < -0.39 is 11.9 Å². The predicted octanol–water partition coefficient (Wildman–Crippen LogP) is 0.796. The summed E-state index contributed by atoms with van der Waals surface area (Å²) in [7, 11) is 0. The van der Waals surface area contributed by atoms with Crippen LogP contribution in [0.25, 0.3) is 0 Å². The molecule has 1 saturated heterocycles. The molecule has 0 aliphatic carbocycles. The number of hydrogen-bond acceptors (Lipinski definition) is 3. The zero-order valence-corrected chi connectivity index (χ0v) is 5.72. The highest BCUT2D eigenvalue weighted by atomic mass is 16.6. The first kappa shape index (κ1) is 6.99. The molecule has 0 spiro atoms. The van der Waals surface area contributed by atoms with Crippen LogP contribution in [0.4, 0.5) is 0 Å². The molecule has 1 heterocycles. The van der Waals surface area contributed by atoms with Gasteiger partial charge in [0.1, 0.15) is 0 Å². The number of esters is 2. The predicted molar refractivity (Wildman–Crippen MR) is 34.1 cm³/mol. The van der Waals surface area contributed by atoms with E-state index in [1.807, 2.05) is 6.92 Å². The summed E-state index contributed by atoms with van der Waals surface area (Å²) < 4.78 is 4.28. The zero-order chi connectivity index (χ0) is 7.56. The standard InChI is InChI=1S/C7H8O3/c1-2-3-5-4-6(8)10-7(5)9/h3H,2,4H2,1H3. The van der Waals surface area contributed by atoms with E-state index in [1.54, 1.807) is 6.08 Å². The first-order chi connectivity index (χ1) is 4.74. The lowest BCUT2D eigenvalue weighted by Gasteiger charge is -1.84. The fourth-order valence-electron chi connectivity index (χ4n) is 0.835. The molecule has 0 aromatic rings. The van der Waals surface area contributed by atoms with Crippen molar-refractivity contribution in [3.63, 3.8) is 0 Å². The van der Waals surface area contributed by atoms with Gasteiger partial charge in [-0.1, -0.05) is 13.0 Å². The third-order valence-electron chi connectivity index (χ3n) is 1.25. The minimum absolute atomic E-state index is 0.146. The average molecular weight is 140 g/mol. The van der Waals surface area contributed by atoms with Crippen molar-refractivity contribution in [1.82, 2.24) is 0 Å². The monoisotopic (exact) mass is 140 g/mol. The molecule has 54 valence electrons. The van der Waals surface area contributed by atoms with Gasteiger partial charge in [-0.3, -0.25) is 4.79 Å². The van der Waals surface area contributed by atoms with Crippen molar-refractivity contribution in [2.24, 2.45) is 0 Å². The second-order valence-corrected chi connectivity index (χ2v) is 2.08. The van der Waals surface area contributed by atoms with Crippen molar-refractivity contribution in [2.45, 2.75) is 19.8 Å². The molecule has 3 heteroatoms. The van der Waals surface area contributed by atoms with E-state index in [9.17, 15) is 9.59 Å². The number of hydrogen-bond donors (Lipinski definition) is 0. The van der Waals surface area contributed by atoms with Gasteiger partial charge in [0.15, 0.2) is 0 Å². The summed E-state index contributed by atoms with van der Waals surface area (Å²) in [5, 5.41) is 0. The van der Waals surface area contributed by atoms with Gasteiger partial charge in [0.25, 0.3) is 0 Å². The number of carbonyl (C=O) groups excluding carboxylic acids is 2. The first-order valence-electron chi connectivity index (χ1n) is 3.18. The average Bonchev–Trinajstić information content (AvgIpc) is 2.13. The maximum Gasteiger partial charge on any atom is 0.341 e. The lowest BCUT2D eigenvalue weighted by atomic mass is 10.2. The van der Waals surface area contributed by atoms with Gasteiger partial charge in [0, 0.05) is 5.57 Å². The fourth-order valence-corrected chi connectivity index (χ4v) is 0.835. The molecule has 10 heavy (non-hydrogen) atoms. The molecule has 1 rings (SSSR count). The summed E-state index contributed by atoms with van der Waals surface area (Å²) in [4.78, 5) is 21.1. The van der Waals surface area contributed by atoms with Crippen LogP contribution in [0.1, 0.15) is 19.8 Å². The first-order valence-corrected chi connectivity index (χ1v) is 3.18. The number of rotatable bonds is 1. The maximum atomic E-state index is 10.7. The van der Waals surface area contributed by atoms with Gasteiger partial charge in [-0.05, 0) is 6.42 Å². The normalized spacial score (nSPS) is 21.9. The molecule has 1 aliphatic rings. The Morgan fingerprint density at radius 1 is 1.60 bits per heavy atom. The summed E-state index contributed by atoms with van der Waals surface area (Å²) >= 11 is 0. The Bertz CT molecular complexity index is 203. The summed E-state index contributed by atoms with van der Waals surface area (Å²) in [6, 6.07) is 0. The fraction of sp³-hybridized carbons (Fsp3) is 0.429. The minimum Gasteiger partial charge on any atom is -0.389 e. The maximum absolute atomic E-state index is 10.7. The van der Waals surface area contributed by atoms with E-state index in [0.29, 0.717) is 5.57 Å². The largest absolute Gasteiger partial charge is 0.389 e. The molecule has 0 saturated carbocycles. The van der Waals surface area contributed by atoms with Crippen LogP contribution in [-0.2, 0) is 14.3 Å². The molecule has 0 radical (unpaired) electrons. The van der Waals surface area contributed by atoms with E-state index in [0.717, 1.165) is 6.42 Å². The summed E-state index contributed by atoms with van der Waals surface area (Å²) in [6.45, 7) is 1.91. The van der Waals surface area contributed by atoms with E-state index in [2.05, 4.69) is 4.74 Å². The lowest BCUT2D eigenvalue weighted by molar-refractivity contribution is -0.151. The minimum atomic E-state index is -0.480. The highest BCUT2D eigenvalue weighted by Crippen LogP contribution is 2.14. The number of cyclic esters (lactones) is 2. The van der Waals surface area contributed by atoms with Crippen LogP contribution >= 0.6 is 0 Å². The Balaban J connectivity index is 2.72. The van der Waals surface area contributed by atoms with Crippen LogP contribution in [0.2, 0.25) is 0 Å². The third-order valence-corrected chi connectivity index (χ3v) is 1.25. The SMILES string of the molecule is CCC=C1CC(=O)OC1=O. The lowest BCUT2D eigenvalue weighted by Crippen LogP contribution is -1.96. The van der Waals surface area contributed by atoms with Gasteiger partial charge in [-0.25, -0.2) is 4.79 Å². The zero-order valence-electron chi connectivity index (χ0n) is 5.72. The van der Waals surface area contributed by atoms with Crippen molar-refractivity contribution in [3.8, 4) is 0 Å². The molecular weight excluding hydrogens is 132 g/mol. The molecule has 0 atom stereocenters. The second-order valence-electron chi connectivity index (χ2n) is 2.08. The molecule has 3 nitrogen and oxygen atoms in total. The summed E-state index contributed by atoms with van der Waals surface area (Å²) in [5.74, 6) is -0.920. The number of ether oxygens (including phenoxy) is 1. The number of carbonyl (C=O) groups is 2. The van der Waals surface area contributed by atoms with E-state index in [4.69, 9.17) is 0 Å². The van der Waals surface area contributed by atoms with Crippen molar-refractivity contribution in [1.29, 1.82) is 0 Å². The molecule has 1 aliphatic heterocycles. The molecule has 0 amide bonds. The molecule has 0 aromatic heterocycles. The highest BCUT2D eigenvalue weighted by molar-refractivity contribution is 6.05. The van der Waals surface area contributed by atoms with Gasteiger partial charge in [-0.2, -0.15) is 0 Å². The Morgan fingerprint density at radius 3 is 2.70 bits per heavy atom. The van der Waals surface area contributed by atoms with Crippen molar-refractivity contribution < 1.29 is 14.3 Å². The van der Waals surface area contributed by atoms with Gasteiger partial charge in [0.2, 0.25) is 0 Å². The van der Waals surface area contributed by atoms with Crippen LogP contribution < -0.4 is 0 Å². The van der Waals surface area contributed by atoms with E-state index in [-0.39, 0.29) is 6.42 Å². The van der Waals surface area contributed by atoms with Crippen LogP contribution in [0.15, 0.2) is 11.6 Å². The molecule has 1 fully saturated rings. The van der Waals surface area contributed by atoms with Crippen molar-refractivity contribution >= 4 is 11.9 Å².